The number of nitro benzene ring substituents is 1. The van der Waals surface area contributed by atoms with Crippen molar-refractivity contribution < 1.29 is 14.8 Å². The average molecular weight is 264 g/mol. The van der Waals surface area contributed by atoms with Gasteiger partial charge in [-0.2, -0.15) is 0 Å². The molecule has 1 atom stereocenters. The van der Waals surface area contributed by atoms with Crippen molar-refractivity contribution in [3.05, 3.63) is 33.9 Å². The van der Waals surface area contributed by atoms with Crippen LogP contribution in [0.3, 0.4) is 0 Å². The molecular weight excluding hydrogens is 248 g/mol. The van der Waals surface area contributed by atoms with Crippen molar-refractivity contribution in [3.8, 4) is 0 Å². The highest BCUT2D eigenvalue weighted by Gasteiger charge is 2.24. The minimum absolute atomic E-state index is 0.00273. The van der Waals surface area contributed by atoms with E-state index in [2.05, 4.69) is 0 Å². The van der Waals surface area contributed by atoms with E-state index in [4.69, 9.17) is 0 Å². The number of rotatable bonds is 3. The smallest absolute Gasteiger partial charge is 0.338 e. The maximum Gasteiger partial charge on any atom is 0.338 e. The summed E-state index contributed by atoms with van der Waals surface area (Å²) in [7, 11) is 0. The Labute approximate surface area is 110 Å². The molecule has 6 nitrogen and oxygen atoms in total. The number of carbonyl (C=O) groups is 1. The van der Waals surface area contributed by atoms with Gasteiger partial charge >= 0.3 is 5.97 Å². The van der Waals surface area contributed by atoms with Gasteiger partial charge < -0.3 is 10.0 Å². The predicted octanol–water partition coefficient (Wildman–Crippen LogP) is 2.67. The number of hydrogen-bond acceptors (Lipinski definition) is 4. The van der Waals surface area contributed by atoms with Gasteiger partial charge in [-0.3, -0.25) is 10.1 Å². The highest BCUT2D eigenvalue weighted by molar-refractivity contribution is 5.95. The second-order valence-corrected chi connectivity index (χ2v) is 4.80. The molecular formula is C13H16N2O4. The van der Waals surface area contributed by atoms with Crippen molar-refractivity contribution in [2.24, 2.45) is 0 Å². The molecule has 1 aromatic carbocycles. The van der Waals surface area contributed by atoms with Crippen LogP contribution in [-0.4, -0.2) is 28.6 Å². The molecule has 2 rings (SSSR count). The van der Waals surface area contributed by atoms with Crippen LogP contribution in [0.5, 0.6) is 0 Å². The fraction of sp³-hybridized carbons (Fsp3) is 0.462. The van der Waals surface area contributed by atoms with Gasteiger partial charge in [0, 0.05) is 24.7 Å². The number of benzene rings is 1. The highest BCUT2D eigenvalue weighted by Crippen LogP contribution is 2.30. The van der Waals surface area contributed by atoms with E-state index in [1.165, 1.54) is 6.07 Å². The summed E-state index contributed by atoms with van der Waals surface area (Å²) in [6.45, 7) is 2.84. The Kier molecular flexibility index (Phi) is 3.69. The number of nitrogens with zero attached hydrogens (tertiary/aromatic N) is 2. The Bertz CT molecular complexity index is 515. The number of piperidine rings is 1. The van der Waals surface area contributed by atoms with Gasteiger partial charge in [0.25, 0.3) is 5.69 Å². The van der Waals surface area contributed by atoms with Crippen molar-refractivity contribution in [1.82, 2.24) is 0 Å². The van der Waals surface area contributed by atoms with E-state index >= 15 is 0 Å². The second kappa shape index (κ2) is 5.26. The van der Waals surface area contributed by atoms with Gasteiger partial charge in [0.2, 0.25) is 0 Å². The van der Waals surface area contributed by atoms with Crippen LogP contribution in [0, 0.1) is 10.1 Å². The molecule has 0 saturated carbocycles. The molecule has 1 aliphatic rings. The Morgan fingerprint density at radius 1 is 1.47 bits per heavy atom. The quantitative estimate of drug-likeness (QED) is 0.670. The average Bonchev–Trinajstić information content (AvgIpc) is 2.38. The minimum Gasteiger partial charge on any atom is -0.478 e. The van der Waals surface area contributed by atoms with Crippen LogP contribution in [0.25, 0.3) is 0 Å². The fourth-order valence-electron chi connectivity index (χ4n) is 2.52. The zero-order valence-electron chi connectivity index (χ0n) is 10.7. The lowest BCUT2D eigenvalue weighted by molar-refractivity contribution is -0.384. The van der Waals surface area contributed by atoms with Crippen LogP contribution >= 0.6 is 0 Å². The fourth-order valence-corrected chi connectivity index (χ4v) is 2.52. The zero-order chi connectivity index (χ0) is 14.0. The van der Waals surface area contributed by atoms with Gasteiger partial charge in [-0.15, -0.1) is 0 Å². The third-order valence-corrected chi connectivity index (χ3v) is 3.53. The first kappa shape index (κ1) is 13.3. The number of carboxylic acids is 1. The molecule has 1 unspecified atom stereocenters. The molecule has 0 radical (unpaired) electrons. The first-order valence-electron chi connectivity index (χ1n) is 6.29. The van der Waals surface area contributed by atoms with Crippen molar-refractivity contribution in [2.45, 2.75) is 32.2 Å². The van der Waals surface area contributed by atoms with Crippen LogP contribution in [-0.2, 0) is 0 Å². The summed E-state index contributed by atoms with van der Waals surface area (Å²) in [6.07, 6.45) is 3.16. The molecule has 0 spiro atoms. The van der Waals surface area contributed by atoms with E-state index in [9.17, 15) is 20.0 Å². The highest BCUT2D eigenvalue weighted by atomic mass is 16.6. The normalized spacial score (nSPS) is 19.2. The lowest BCUT2D eigenvalue weighted by Crippen LogP contribution is -2.38. The molecule has 1 N–H and O–H groups in total. The maximum atomic E-state index is 11.3. The Morgan fingerprint density at radius 3 is 2.79 bits per heavy atom. The predicted molar refractivity (Wildman–Crippen MR) is 70.7 cm³/mol. The molecule has 1 aromatic rings. The third-order valence-electron chi connectivity index (χ3n) is 3.53. The molecule has 0 aromatic heterocycles. The van der Waals surface area contributed by atoms with Crippen molar-refractivity contribution in [2.75, 3.05) is 11.4 Å². The van der Waals surface area contributed by atoms with Gasteiger partial charge in [-0.25, -0.2) is 4.79 Å². The first-order chi connectivity index (χ1) is 9.00. The third kappa shape index (κ3) is 2.67. The number of non-ortho nitro benzene ring substituents is 1. The van der Waals surface area contributed by atoms with Crippen LogP contribution < -0.4 is 4.90 Å². The van der Waals surface area contributed by atoms with Crippen molar-refractivity contribution >= 4 is 17.3 Å². The van der Waals surface area contributed by atoms with E-state index in [1.54, 1.807) is 6.07 Å². The molecule has 1 saturated heterocycles. The van der Waals surface area contributed by atoms with E-state index in [-0.39, 0.29) is 17.3 Å². The summed E-state index contributed by atoms with van der Waals surface area (Å²) in [6, 6.07) is 4.30. The summed E-state index contributed by atoms with van der Waals surface area (Å²) in [5.41, 5.74) is 0.388. The standard InChI is InChI=1S/C13H16N2O4/c1-9-4-2-3-7-14(9)12-6-5-10(15(18)19)8-11(12)13(16)17/h5-6,8-9H,2-4,7H2,1H3,(H,16,17). The molecule has 1 aliphatic heterocycles. The molecule has 1 fully saturated rings. The summed E-state index contributed by atoms with van der Waals surface area (Å²) in [5.74, 6) is -1.13. The molecule has 0 bridgehead atoms. The van der Waals surface area contributed by atoms with Gasteiger partial charge in [0.15, 0.2) is 0 Å². The number of hydrogen-bond donors (Lipinski definition) is 1. The van der Waals surface area contributed by atoms with Crippen LogP contribution in [0.2, 0.25) is 0 Å². The summed E-state index contributed by atoms with van der Waals surface area (Å²) >= 11 is 0. The van der Waals surface area contributed by atoms with E-state index < -0.39 is 10.9 Å². The van der Waals surface area contributed by atoms with Crippen molar-refractivity contribution in [1.29, 1.82) is 0 Å². The molecule has 1 heterocycles. The Hall–Kier alpha value is -2.11. The van der Waals surface area contributed by atoms with E-state index in [1.807, 2.05) is 11.8 Å². The second-order valence-electron chi connectivity index (χ2n) is 4.80. The van der Waals surface area contributed by atoms with E-state index in [0.29, 0.717) is 5.69 Å². The van der Waals surface area contributed by atoms with E-state index in [0.717, 1.165) is 31.9 Å². The topological polar surface area (TPSA) is 83.7 Å². The van der Waals surface area contributed by atoms with Gasteiger partial charge in [-0.1, -0.05) is 0 Å². The van der Waals surface area contributed by atoms with Gasteiger partial charge in [0.05, 0.1) is 16.2 Å². The molecule has 0 amide bonds. The monoisotopic (exact) mass is 264 g/mol. The Morgan fingerprint density at radius 2 is 2.21 bits per heavy atom. The lowest BCUT2D eigenvalue weighted by Gasteiger charge is -2.36. The Balaban J connectivity index is 2.44. The molecule has 0 aliphatic carbocycles. The summed E-state index contributed by atoms with van der Waals surface area (Å²) in [4.78, 5) is 23.5. The number of anilines is 1. The summed E-state index contributed by atoms with van der Waals surface area (Å²) in [5, 5.41) is 20.0. The van der Waals surface area contributed by atoms with Crippen LogP contribution in [0.15, 0.2) is 18.2 Å². The van der Waals surface area contributed by atoms with Crippen LogP contribution in [0.1, 0.15) is 36.5 Å². The minimum atomic E-state index is -1.13. The van der Waals surface area contributed by atoms with Crippen molar-refractivity contribution in [3.63, 3.8) is 0 Å². The molecule has 6 heteroatoms. The number of aromatic carboxylic acids is 1. The number of nitro groups is 1. The zero-order valence-corrected chi connectivity index (χ0v) is 10.7. The molecule has 102 valence electrons. The van der Waals surface area contributed by atoms with Gasteiger partial charge in [0.1, 0.15) is 0 Å². The van der Waals surface area contributed by atoms with Gasteiger partial charge in [-0.05, 0) is 32.3 Å². The van der Waals surface area contributed by atoms with Crippen LogP contribution in [0.4, 0.5) is 11.4 Å². The first-order valence-corrected chi connectivity index (χ1v) is 6.29. The SMILES string of the molecule is CC1CCCCN1c1ccc([N+](=O)[O-])cc1C(=O)O. The summed E-state index contributed by atoms with van der Waals surface area (Å²) < 4.78 is 0. The maximum absolute atomic E-state index is 11.3. The lowest BCUT2D eigenvalue weighted by atomic mass is 10.0. The largest absolute Gasteiger partial charge is 0.478 e. The molecule has 19 heavy (non-hydrogen) atoms. The number of carboxylic acid groups (broad SMARTS) is 1.